The van der Waals surface area contributed by atoms with E-state index >= 15 is 0 Å². The summed E-state index contributed by atoms with van der Waals surface area (Å²) in [4.78, 5) is 30.1. The van der Waals surface area contributed by atoms with E-state index in [1.165, 1.54) is 25.5 Å². The molecule has 96 valence electrons. The topological polar surface area (TPSA) is 104 Å². The summed E-state index contributed by atoms with van der Waals surface area (Å²) in [6.07, 6.45) is 3.89. The van der Waals surface area contributed by atoms with Crippen LogP contribution in [0.25, 0.3) is 6.08 Å². The molecule has 0 fully saturated rings. The summed E-state index contributed by atoms with van der Waals surface area (Å²) in [5.74, 6) is -1.22. The van der Waals surface area contributed by atoms with Crippen molar-refractivity contribution in [2.75, 3.05) is 19.5 Å². The molecule has 0 aliphatic rings. The predicted octanol–water partition coefficient (Wildman–Crippen LogP) is 0.422. The molecule has 0 spiro atoms. The van der Waals surface area contributed by atoms with Gasteiger partial charge >= 0.3 is 11.9 Å². The first kappa shape index (κ1) is 13.6. The van der Waals surface area contributed by atoms with Crippen LogP contribution in [-0.4, -0.2) is 35.6 Å². The summed E-state index contributed by atoms with van der Waals surface area (Å²) in [6, 6.07) is 0. The molecule has 0 saturated heterocycles. The number of carbonyl (C=O) groups is 2. The molecule has 1 rings (SSSR count). The molecule has 7 heteroatoms. The normalized spacial score (nSPS) is 10.3. The largest absolute Gasteiger partial charge is 0.464 e. The summed E-state index contributed by atoms with van der Waals surface area (Å²) in [5.41, 5.74) is 5.69. The first-order chi connectivity index (χ1) is 8.58. The van der Waals surface area contributed by atoms with Crippen molar-refractivity contribution >= 4 is 23.8 Å². The van der Waals surface area contributed by atoms with Crippen LogP contribution < -0.4 is 5.73 Å². The Kier molecular flexibility index (Phi) is 4.79. The van der Waals surface area contributed by atoms with Crippen molar-refractivity contribution in [3.8, 4) is 0 Å². The zero-order valence-electron chi connectivity index (χ0n) is 10.0. The zero-order chi connectivity index (χ0) is 13.5. The van der Waals surface area contributed by atoms with Gasteiger partial charge in [0.2, 0.25) is 0 Å². The number of nitrogens with two attached hydrogens (primary N) is 1. The summed E-state index contributed by atoms with van der Waals surface area (Å²) in [6.45, 7) is 1.98. The number of ether oxygens (including phenoxy) is 2. The second kappa shape index (κ2) is 6.33. The van der Waals surface area contributed by atoms with Crippen molar-refractivity contribution < 1.29 is 19.1 Å². The predicted molar refractivity (Wildman–Crippen MR) is 63.5 cm³/mol. The highest BCUT2D eigenvalue weighted by Gasteiger charge is 2.13. The molecular formula is C11H13N3O4. The van der Waals surface area contributed by atoms with E-state index in [9.17, 15) is 9.59 Å². The van der Waals surface area contributed by atoms with E-state index in [0.717, 1.165) is 0 Å². The quantitative estimate of drug-likeness (QED) is 0.610. The molecule has 0 aromatic carbocycles. The molecule has 1 aromatic heterocycles. The molecule has 0 radical (unpaired) electrons. The van der Waals surface area contributed by atoms with Crippen LogP contribution in [0.3, 0.4) is 0 Å². The molecular weight excluding hydrogens is 238 g/mol. The van der Waals surface area contributed by atoms with Gasteiger partial charge < -0.3 is 15.2 Å². The minimum Gasteiger partial charge on any atom is -0.464 e. The van der Waals surface area contributed by atoms with Crippen LogP contribution in [0.1, 0.15) is 23.1 Å². The Morgan fingerprint density at radius 2 is 2.22 bits per heavy atom. The van der Waals surface area contributed by atoms with Crippen molar-refractivity contribution in [2.45, 2.75) is 6.92 Å². The van der Waals surface area contributed by atoms with Crippen LogP contribution in [-0.2, 0) is 14.3 Å². The molecule has 1 heterocycles. The van der Waals surface area contributed by atoms with Gasteiger partial charge in [0.25, 0.3) is 0 Å². The Bertz CT molecular complexity index is 485. The molecule has 0 amide bonds. The Morgan fingerprint density at radius 3 is 2.83 bits per heavy atom. The van der Waals surface area contributed by atoms with Gasteiger partial charge in [-0.05, 0) is 13.0 Å². The first-order valence-corrected chi connectivity index (χ1v) is 5.14. The summed E-state index contributed by atoms with van der Waals surface area (Å²) >= 11 is 0. The van der Waals surface area contributed by atoms with Crippen LogP contribution in [0.15, 0.2) is 12.3 Å². The van der Waals surface area contributed by atoms with Crippen LogP contribution in [0.4, 0.5) is 5.82 Å². The maximum atomic E-state index is 11.3. The highest BCUT2D eigenvalue weighted by Crippen LogP contribution is 2.08. The van der Waals surface area contributed by atoms with Gasteiger partial charge in [-0.15, -0.1) is 0 Å². The van der Waals surface area contributed by atoms with Gasteiger partial charge in [-0.25, -0.2) is 19.6 Å². The van der Waals surface area contributed by atoms with E-state index in [1.54, 1.807) is 6.92 Å². The number of esters is 2. The Hall–Kier alpha value is -2.44. The van der Waals surface area contributed by atoms with Crippen molar-refractivity contribution in [3.63, 3.8) is 0 Å². The molecule has 0 aliphatic carbocycles. The number of carbonyl (C=O) groups excluding carboxylic acids is 2. The average molecular weight is 251 g/mol. The maximum absolute atomic E-state index is 11.3. The standard InChI is InChI=1S/C11H13N3O4/c1-3-18-8(15)5-4-7-6-13-10(12)9(14-7)11(16)17-2/h4-6H,3H2,1-2H3,(H2,12,13). The minimum absolute atomic E-state index is 0.0323. The highest BCUT2D eigenvalue weighted by molar-refractivity contribution is 5.92. The Labute approximate surface area is 104 Å². The summed E-state index contributed by atoms with van der Waals surface area (Å²) in [7, 11) is 1.21. The lowest BCUT2D eigenvalue weighted by atomic mass is 10.3. The van der Waals surface area contributed by atoms with Gasteiger partial charge in [-0.2, -0.15) is 0 Å². The second-order valence-corrected chi connectivity index (χ2v) is 3.11. The van der Waals surface area contributed by atoms with Crippen molar-refractivity contribution in [2.24, 2.45) is 0 Å². The number of nitrogen functional groups attached to an aromatic ring is 1. The molecule has 1 aromatic rings. The fraction of sp³-hybridized carbons (Fsp3) is 0.273. The van der Waals surface area contributed by atoms with Crippen LogP contribution in [0, 0.1) is 0 Å². The molecule has 7 nitrogen and oxygen atoms in total. The van der Waals surface area contributed by atoms with Crippen LogP contribution in [0.2, 0.25) is 0 Å². The smallest absolute Gasteiger partial charge is 0.360 e. The van der Waals surface area contributed by atoms with Gasteiger partial charge in [0.15, 0.2) is 11.5 Å². The van der Waals surface area contributed by atoms with E-state index in [0.29, 0.717) is 5.69 Å². The molecule has 2 N–H and O–H groups in total. The van der Waals surface area contributed by atoms with Gasteiger partial charge in [0, 0.05) is 6.08 Å². The lowest BCUT2D eigenvalue weighted by Gasteiger charge is -2.02. The third-order valence-corrected chi connectivity index (χ3v) is 1.87. The number of methoxy groups -OCH3 is 1. The van der Waals surface area contributed by atoms with Crippen molar-refractivity contribution in [1.29, 1.82) is 0 Å². The number of aromatic nitrogens is 2. The SMILES string of the molecule is CCOC(=O)C=Cc1cnc(N)c(C(=O)OC)n1. The second-order valence-electron chi connectivity index (χ2n) is 3.11. The van der Waals surface area contributed by atoms with Crippen molar-refractivity contribution in [1.82, 2.24) is 9.97 Å². The van der Waals surface area contributed by atoms with Crippen LogP contribution >= 0.6 is 0 Å². The zero-order valence-corrected chi connectivity index (χ0v) is 10.0. The number of nitrogens with zero attached hydrogens (tertiary/aromatic N) is 2. The lowest BCUT2D eigenvalue weighted by Crippen LogP contribution is -2.10. The van der Waals surface area contributed by atoms with E-state index in [1.807, 2.05) is 0 Å². The van der Waals surface area contributed by atoms with E-state index < -0.39 is 11.9 Å². The van der Waals surface area contributed by atoms with Gasteiger partial charge in [0.05, 0.1) is 25.6 Å². The van der Waals surface area contributed by atoms with Gasteiger partial charge in [-0.3, -0.25) is 0 Å². The third-order valence-electron chi connectivity index (χ3n) is 1.87. The number of rotatable bonds is 4. The molecule has 0 aliphatic heterocycles. The van der Waals surface area contributed by atoms with Gasteiger partial charge in [-0.1, -0.05) is 0 Å². The van der Waals surface area contributed by atoms with Crippen LogP contribution in [0.5, 0.6) is 0 Å². The molecule has 18 heavy (non-hydrogen) atoms. The molecule has 0 unspecified atom stereocenters. The molecule has 0 bridgehead atoms. The highest BCUT2D eigenvalue weighted by atomic mass is 16.5. The average Bonchev–Trinajstić information content (AvgIpc) is 2.37. The number of hydrogen-bond acceptors (Lipinski definition) is 7. The van der Waals surface area contributed by atoms with Gasteiger partial charge in [0.1, 0.15) is 0 Å². The maximum Gasteiger partial charge on any atom is 0.360 e. The number of hydrogen-bond donors (Lipinski definition) is 1. The third kappa shape index (κ3) is 3.55. The molecule has 0 saturated carbocycles. The minimum atomic E-state index is -0.689. The lowest BCUT2D eigenvalue weighted by molar-refractivity contribution is -0.137. The Balaban J connectivity index is 2.92. The first-order valence-electron chi connectivity index (χ1n) is 5.14. The van der Waals surface area contributed by atoms with E-state index in [4.69, 9.17) is 10.5 Å². The van der Waals surface area contributed by atoms with E-state index in [2.05, 4.69) is 14.7 Å². The van der Waals surface area contributed by atoms with Crippen molar-refractivity contribution in [3.05, 3.63) is 23.7 Å². The van der Waals surface area contributed by atoms with E-state index in [-0.39, 0.29) is 18.1 Å². The summed E-state index contributed by atoms with van der Waals surface area (Å²) < 4.78 is 9.20. The Morgan fingerprint density at radius 1 is 1.50 bits per heavy atom. The fourth-order valence-electron chi connectivity index (χ4n) is 1.08. The fourth-order valence-corrected chi connectivity index (χ4v) is 1.08. The number of anilines is 1. The monoisotopic (exact) mass is 251 g/mol. The molecule has 0 atom stereocenters. The summed E-state index contributed by atoms with van der Waals surface area (Å²) in [5, 5.41) is 0.